The number of hydrogen-bond acceptors (Lipinski definition) is 24. The maximum Gasteiger partial charge on any atom is 0.115 e. The van der Waals surface area contributed by atoms with Gasteiger partial charge in [-0.2, -0.15) is 0 Å². The number of aliphatic hydroxyl groups is 22. The molecule has 540 valence electrons. The van der Waals surface area contributed by atoms with Crippen LogP contribution >= 0.6 is 0 Å². The maximum atomic E-state index is 11.2. The van der Waals surface area contributed by atoms with Gasteiger partial charge >= 0.3 is 0 Å². The Balaban J connectivity index is 1.79. The van der Waals surface area contributed by atoms with Crippen molar-refractivity contribution in [1.29, 1.82) is 0 Å². The summed E-state index contributed by atoms with van der Waals surface area (Å²) in [6.45, 7) is 12.0. The van der Waals surface area contributed by atoms with Gasteiger partial charge in [-0.05, 0) is 139 Å². The highest BCUT2D eigenvalue weighted by atomic mass is 16.6. The molecule has 0 aromatic carbocycles. The van der Waals surface area contributed by atoms with Gasteiger partial charge < -0.3 is 122 Å². The highest BCUT2D eigenvalue weighted by molar-refractivity contribution is 5.09. The molecule has 2 saturated heterocycles. The van der Waals surface area contributed by atoms with E-state index in [0.29, 0.717) is 44.9 Å². The van der Waals surface area contributed by atoms with Crippen molar-refractivity contribution < 1.29 is 122 Å². The van der Waals surface area contributed by atoms with Gasteiger partial charge in [-0.15, -0.1) is 0 Å². The van der Waals surface area contributed by atoms with Crippen LogP contribution in [0, 0.1) is 17.8 Å². The molecule has 24 nitrogen and oxygen atoms in total. The van der Waals surface area contributed by atoms with Crippen molar-refractivity contribution in [2.75, 3.05) is 6.61 Å². The summed E-state index contributed by atoms with van der Waals surface area (Å²) in [6, 6.07) is 0. The van der Waals surface area contributed by atoms with Crippen molar-refractivity contribution in [2.24, 2.45) is 17.8 Å². The zero-order chi connectivity index (χ0) is 69.2. The third-order valence-corrected chi connectivity index (χ3v) is 18.6. The largest absolute Gasteiger partial charge is 0.394 e. The minimum Gasteiger partial charge on any atom is -0.394 e. The van der Waals surface area contributed by atoms with Gasteiger partial charge in [0.1, 0.15) is 67.1 Å². The minimum atomic E-state index is -1.87. The summed E-state index contributed by atoms with van der Waals surface area (Å²) in [5.41, 5.74) is -0.0407. The molecule has 28 atom stereocenters. The zero-order valence-electron chi connectivity index (χ0n) is 54.9. The highest BCUT2D eigenvalue weighted by Gasteiger charge is 2.49. The summed E-state index contributed by atoms with van der Waals surface area (Å²) in [4.78, 5) is 0. The predicted octanol–water partition coefficient (Wildman–Crippen LogP) is 0.554. The van der Waals surface area contributed by atoms with Gasteiger partial charge in [-0.25, -0.2) is 0 Å². The molecule has 0 aliphatic carbocycles. The Morgan fingerprint density at radius 3 is 1.68 bits per heavy atom. The van der Waals surface area contributed by atoms with Crippen LogP contribution in [0.1, 0.15) is 188 Å². The number of allylic oxidation sites excluding steroid dienone is 4. The number of rotatable bonds is 51. The summed E-state index contributed by atoms with van der Waals surface area (Å²) in [5, 5.41) is 235. The molecule has 2 heterocycles. The van der Waals surface area contributed by atoms with Crippen LogP contribution in [0.2, 0.25) is 0 Å². The molecular weight excluding hydrogens is 1200 g/mol. The predicted molar refractivity (Wildman–Crippen MR) is 345 cm³/mol. The van der Waals surface area contributed by atoms with E-state index in [0.717, 1.165) is 51.4 Å². The van der Waals surface area contributed by atoms with E-state index >= 15 is 0 Å². The van der Waals surface area contributed by atoms with E-state index in [1.807, 2.05) is 6.08 Å². The fourth-order valence-corrected chi connectivity index (χ4v) is 12.2. The van der Waals surface area contributed by atoms with Crippen molar-refractivity contribution in [2.45, 2.75) is 340 Å². The highest BCUT2D eigenvalue weighted by Crippen LogP contribution is 2.33. The Bertz CT molecular complexity index is 2000. The lowest BCUT2D eigenvalue weighted by molar-refractivity contribution is -0.250. The zero-order valence-corrected chi connectivity index (χ0v) is 54.9. The number of aliphatic hydroxyl groups excluding tert-OH is 22. The first-order valence-corrected chi connectivity index (χ1v) is 34.0. The third-order valence-electron chi connectivity index (χ3n) is 18.6. The van der Waals surface area contributed by atoms with Gasteiger partial charge in [0.05, 0.1) is 92.1 Å². The molecule has 2 rings (SSSR count). The van der Waals surface area contributed by atoms with Gasteiger partial charge in [0.2, 0.25) is 0 Å². The number of hydrogen-bond donors (Lipinski definition) is 22. The fraction of sp³-hybridized carbons (Fsp3) is 0.853. The summed E-state index contributed by atoms with van der Waals surface area (Å²) in [7, 11) is 0. The first-order valence-electron chi connectivity index (χ1n) is 34.0. The SMILES string of the molecule is C=CC=CCCCCCCCCCC=CC(O)C(O)C1OC(C(O)C(O)C(=C)CCC(O)C2OC(CC(O)C(O)C(C)CCCC(O)C(O)C(O)C(C)CCC(O)C(O)C(C)CC(O)CCCC(O)CCCC(O)C=CCC(O)CO)C(O)C(O)C2O)CC(O)C1O. The Morgan fingerprint density at radius 2 is 1.05 bits per heavy atom. The standard InChI is InChI=1S/C68H124O24/c1-6-7-8-9-10-11-12-13-14-15-16-17-18-30-49(75)61(85)68-62(86)53(79)38-54(92-68)63(87)59(83)42(4)33-35-51(77)67-66(90)65(89)64(88)55(91-67)37-52(78)56(80)40(2)23-19-31-48(74)60(84)58(82)41(3)32-34-50(76)57(81)43(5)36-46(72)28-21-26-44(70)24-20-25-45(71)27-22-29-47(73)39-69/h6-8,18,22,27,30,40-41,43-90H,1,4,9-17,19-21,23-26,28-29,31-39H2,2-3,5H3. The first-order chi connectivity index (χ1) is 43.5. The molecule has 0 aromatic rings. The molecule has 22 N–H and O–H groups in total. The Kier molecular flexibility index (Phi) is 43.7. The van der Waals surface area contributed by atoms with Gasteiger partial charge in [0.15, 0.2) is 0 Å². The Morgan fingerprint density at radius 1 is 0.489 bits per heavy atom. The van der Waals surface area contributed by atoms with Gasteiger partial charge in [-0.1, -0.05) is 115 Å². The lowest BCUT2D eigenvalue weighted by Gasteiger charge is -2.43. The molecular formula is C68H124O24. The first kappa shape index (κ1) is 85.8. The molecule has 0 saturated carbocycles. The normalized spacial score (nSPS) is 28.1. The van der Waals surface area contributed by atoms with Crippen molar-refractivity contribution in [3.05, 3.63) is 61.3 Å². The lowest BCUT2D eigenvalue weighted by atomic mass is 9.85. The van der Waals surface area contributed by atoms with E-state index in [-0.39, 0.29) is 76.4 Å². The number of unbranched alkanes of at least 4 members (excludes halogenated alkanes) is 8. The van der Waals surface area contributed by atoms with Crippen molar-refractivity contribution in [3.8, 4) is 0 Å². The van der Waals surface area contributed by atoms with E-state index in [9.17, 15) is 107 Å². The van der Waals surface area contributed by atoms with Crippen molar-refractivity contribution >= 4 is 0 Å². The Labute approximate surface area is 545 Å². The smallest absolute Gasteiger partial charge is 0.115 e. The van der Waals surface area contributed by atoms with Gasteiger partial charge in [0, 0.05) is 12.8 Å². The van der Waals surface area contributed by atoms with Crippen LogP contribution in [0.15, 0.2) is 61.3 Å². The van der Waals surface area contributed by atoms with Crippen LogP contribution in [0.4, 0.5) is 0 Å². The topological polar surface area (TPSA) is 464 Å². The average molecular weight is 1330 g/mol. The van der Waals surface area contributed by atoms with E-state index in [1.54, 1.807) is 45.1 Å². The molecule has 92 heavy (non-hydrogen) atoms. The van der Waals surface area contributed by atoms with Crippen LogP contribution in [0.25, 0.3) is 0 Å². The van der Waals surface area contributed by atoms with Gasteiger partial charge in [-0.3, -0.25) is 0 Å². The van der Waals surface area contributed by atoms with Crippen molar-refractivity contribution in [3.63, 3.8) is 0 Å². The second-order valence-corrected chi connectivity index (χ2v) is 26.7. The Hall–Kier alpha value is -2.26. The van der Waals surface area contributed by atoms with Crippen LogP contribution < -0.4 is 0 Å². The molecule has 0 radical (unpaired) electrons. The van der Waals surface area contributed by atoms with Crippen LogP contribution in [-0.2, 0) is 9.47 Å². The van der Waals surface area contributed by atoms with E-state index < -0.39 is 177 Å². The second kappa shape index (κ2) is 46.9. The second-order valence-electron chi connectivity index (χ2n) is 26.7. The summed E-state index contributed by atoms with van der Waals surface area (Å²) < 4.78 is 11.6. The van der Waals surface area contributed by atoms with E-state index in [1.165, 1.54) is 6.08 Å². The maximum absolute atomic E-state index is 11.2. The molecule has 0 spiro atoms. The summed E-state index contributed by atoms with van der Waals surface area (Å²) in [5.74, 6) is -1.78. The van der Waals surface area contributed by atoms with Gasteiger partial charge in [0.25, 0.3) is 0 Å². The fourth-order valence-electron chi connectivity index (χ4n) is 12.2. The lowest BCUT2D eigenvalue weighted by Crippen LogP contribution is -2.61. The average Bonchev–Trinajstić information content (AvgIpc) is 0.819. The monoisotopic (exact) mass is 1320 g/mol. The third kappa shape index (κ3) is 31.5. The molecule has 0 aromatic heterocycles. The molecule has 2 aliphatic heterocycles. The van der Waals surface area contributed by atoms with Crippen molar-refractivity contribution in [1.82, 2.24) is 0 Å². The minimum absolute atomic E-state index is 0.0240. The number of ether oxygens (including phenoxy) is 2. The molecule has 2 aliphatic rings. The molecule has 0 amide bonds. The van der Waals surface area contributed by atoms with Crippen LogP contribution in [0.3, 0.4) is 0 Å². The molecule has 28 unspecified atom stereocenters. The molecule has 2 fully saturated rings. The molecule has 24 heteroatoms. The molecule has 0 bridgehead atoms. The van der Waals surface area contributed by atoms with Crippen LogP contribution in [0.5, 0.6) is 0 Å². The van der Waals surface area contributed by atoms with E-state index in [4.69, 9.17) is 14.6 Å². The van der Waals surface area contributed by atoms with Crippen LogP contribution in [-0.4, -0.2) is 272 Å². The quantitative estimate of drug-likeness (QED) is 0.0225. The summed E-state index contributed by atoms with van der Waals surface area (Å²) >= 11 is 0. The summed E-state index contributed by atoms with van der Waals surface area (Å²) in [6.07, 6.45) is -12.2. The van der Waals surface area contributed by atoms with E-state index in [2.05, 4.69) is 19.2 Å².